The molecule has 0 unspecified atom stereocenters. The molecule has 1 aromatic heterocycles. The lowest BCUT2D eigenvalue weighted by atomic mass is 10.1. The zero-order valence-electron chi connectivity index (χ0n) is 17.1. The van der Waals surface area contributed by atoms with Gasteiger partial charge in [0.15, 0.2) is 12.6 Å². The van der Waals surface area contributed by atoms with E-state index < -0.39 is 12.8 Å². The predicted molar refractivity (Wildman–Crippen MR) is 123 cm³/mol. The molecule has 0 bridgehead atoms. The van der Waals surface area contributed by atoms with Crippen LogP contribution >= 0.6 is 24.0 Å². The van der Waals surface area contributed by atoms with Crippen molar-refractivity contribution >= 4 is 35.8 Å². The lowest BCUT2D eigenvalue weighted by Gasteiger charge is -2.16. The number of nitrogens with one attached hydrogen (secondary N) is 3. The van der Waals surface area contributed by atoms with E-state index in [1.165, 1.54) is 6.20 Å². The number of hydrogen-bond donors (Lipinski definition) is 3. The highest BCUT2D eigenvalue weighted by Gasteiger charge is 2.28. The number of rotatable bonds is 8. The molecular formula is C20H25F3IN5O2. The van der Waals surface area contributed by atoms with Crippen molar-refractivity contribution in [1.29, 1.82) is 0 Å². The van der Waals surface area contributed by atoms with Crippen molar-refractivity contribution in [3.63, 3.8) is 0 Å². The predicted octanol–water partition coefficient (Wildman–Crippen LogP) is 3.04. The summed E-state index contributed by atoms with van der Waals surface area (Å²) in [5.41, 5.74) is 1.83. The number of ether oxygens (including phenoxy) is 1. The van der Waals surface area contributed by atoms with Gasteiger partial charge < -0.3 is 20.7 Å². The molecule has 1 heterocycles. The monoisotopic (exact) mass is 551 g/mol. The van der Waals surface area contributed by atoms with Crippen LogP contribution in [0, 0.1) is 6.92 Å². The van der Waals surface area contributed by atoms with E-state index in [1.807, 2.05) is 0 Å². The Kier molecular flexibility index (Phi) is 11.1. The molecule has 0 saturated carbocycles. The van der Waals surface area contributed by atoms with Gasteiger partial charge in [-0.2, -0.15) is 13.2 Å². The normalized spacial score (nSPS) is 11.3. The van der Waals surface area contributed by atoms with Crippen LogP contribution in [-0.4, -0.2) is 49.8 Å². The van der Waals surface area contributed by atoms with E-state index in [2.05, 4.69) is 25.9 Å². The summed E-state index contributed by atoms with van der Waals surface area (Å²) < 4.78 is 42.4. The maximum Gasteiger partial charge on any atom is 0.422 e. The molecule has 0 spiro atoms. The molecule has 0 radical (unpaired) electrons. The topological polar surface area (TPSA) is 87.6 Å². The Bertz CT molecular complexity index is 864. The van der Waals surface area contributed by atoms with E-state index >= 15 is 0 Å². The van der Waals surface area contributed by atoms with E-state index in [-0.39, 0.29) is 42.2 Å². The van der Waals surface area contributed by atoms with Crippen LogP contribution in [0.1, 0.15) is 21.5 Å². The quantitative estimate of drug-likeness (QED) is 0.203. The molecule has 170 valence electrons. The molecule has 0 aliphatic carbocycles. The first-order valence-electron chi connectivity index (χ1n) is 9.20. The number of pyridine rings is 1. The number of guanidine groups is 1. The highest BCUT2D eigenvalue weighted by molar-refractivity contribution is 14.0. The first kappa shape index (κ1) is 26.5. The third-order valence-electron chi connectivity index (χ3n) is 3.91. The fourth-order valence-corrected chi connectivity index (χ4v) is 2.46. The SMILES string of the molecule is CN=C(NCCNC(=O)c1cccnc1)NCc1ccc(C)cc1OCC(F)(F)F.I. The lowest BCUT2D eigenvalue weighted by molar-refractivity contribution is -0.153. The summed E-state index contributed by atoms with van der Waals surface area (Å²) in [6, 6.07) is 8.40. The number of carbonyl (C=O) groups is 1. The number of alkyl halides is 3. The van der Waals surface area contributed by atoms with Crippen LogP contribution < -0.4 is 20.7 Å². The van der Waals surface area contributed by atoms with Crippen molar-refractivity contribution in [2.24, 2.45) is 4.99 Å². The van der Waals surface area contributed by atoms with E-state index in [4.69, 9.17) is 4.74 Å². The number of hydrogen-bond acceptors (Lipinski definition) is 4. The Hall–Kier alpha value is -2.57. The third-order valence-corrected chi connectivity index (χ3v) is 3.91. The van der Waals surface area contributed by atoms with Crippen molar-refractivity contribution in [2.45, 2.75) is 19.6 Å². The Morgan fingerprint density at radius 1 is 1.16 bits per heavy atom. The Balaban J connectivity index is 0.00000480. The van der Waals surface area contributed by atoms with Crippen molar-refractivity contribution in [2.75, 3.05) is 26.7 Å². The zero-order valence-corrected chi connectivity index (χ0v) is 19.5. The number of aryl methyl sites for hydroxylation is 1. The summed E-state index contributed by atoms with van der Waals surface area (Å²) in [4.78, 5) is 19.9. The molecule has 2 aromatic rings. The highest BCUT2D eigenvalue weighted by atomic mass is 127. The van der Waals surface area contributed by atoms with Crippen LogP contribution in [0.15, 0.2) is 47.7 Å². The van der Waals surface area contributed by atoms with Crippen LogP contribution in [0.25, 0.3) is 0 Å². The maximum absolute atomic E-state index is 12.5. The van der Waals surface area contributed by atoms with Gasteiger partial charge in [-0.15, -0.1) is 24.0 Å². The maximum atomic E-state index is 12.5. The van der Waals surface area contributed by atoms with Gasteiger partial charge in [-0.1, -0.05) is 12.1 Å². The lowest BCUT2D eigenvalue weighted by Crippen LogP contribution is -2.41. The number of nitrogens with zero attached hydrogens (tertiary/aromatic N) is 2. The summed E-state index contributed by atoms with van der Waals surface area (Å²) in [5, 5.41) is 8.79. The molecule has 3 N–H and O–H groups in total. The van der Waals surface area contributed by atoms with Crippen LogP contribution in [0.2, 0.25) is 0 Å². The van der Waals surface area contributed by atoms with Crippen LogP contribution in [0.3, 0.4) is 0 Å². The minimum atomic E-state index is -4.41. The Morgan fingerprint density at radius 3 is 2.55 bits per heavy atom. The molecule has 0 aliphatic heterocycles. The molecule has 0 saturated heterocycles. The number of benzene rings is 1. The number of aromatic nitrogens is 1. The molecule has 7 nitrogen and oxygen atoms in total. The molecule has 1 aromatic carbocycles. The second-order valence-electron chi connectivity index (χ2n) is 6.37. The Morgan fingerprint density at radius 2 is 1.90 bits per heavy atom. The molecular weight excluding hydrogens is 526 g/mol. The van der Waals surface area contributed by atoms with E-state index in [0.717, 1.165) is 5.56 Å². The Labute approximate surface area is 195 Å². The van der Waals surface area contributed by atoms with Gasteiger partial charge in [-0.05, 0) is 30.7 Å². The molecule has 2 rings (SSSR count). The van der Waals surface area contributed by atoms with Gasteiger partial charge in [0.1, 0.15) is 5.75 Å². The van der Waals surface area contributed by atoms with Gasteiger partial charge in [0.05, 0.1) is 5.56 Å². The van der Waals surface area contributed by atoms with E-state index in [9.17, 15) is 18.0 Å². The number of carbonyl (C=O) groups excluding carboxylic acids is 1. The van der Waals surface area contributed by atoms with E-state index in [1.54, 1.807) is 50.5 Å². The largest absolute Gasteiger partial charge is 0.484 e. The second-order valence-corrected chi connectivity index (χ2v) is 6.37. The summed E-state index contributed by atoms with van der Waals surface area (Å²) >= 11 is 0. The average Bonchev–Trinajstić information content (AvgIpc) is 2.72. The first-order valence-corrected chi connectivity index (χ1v) is 9.20. The summed E-state index contributed by atoms with van der Waals surface area (Å²) in [7, 11) is 1.57. The first-order chi connectivity index (χ1) is 14.3. The van der Waals surface area contributed by atoms with Crippen molar-refractivity contribution in [3.05, 3.63) is 59.4 Å². The van der Waals surface area contributed by atoms with Gasteiger partial charge >= 0.3 is 6.18 Å². The van der Waals surface area contributed by atoms with Crippen molar-refractivity contribution in [1.82, 2.24) is 20.9 Å². The van der Waals surface area contributed by atoms with Gasteiger partial charge in [0, 0.05) is 44.6 Å². The minimum Gasteiger partial charge on any atom is -0.484 e. The van der Waals surface area contributed by atoms with Crippen molar-refractivity contribution in [3.8, 4) is 5.75 Å². The molecule has 1 amide bonds. The molecule has 11 heteroatoms. The molecule has 31 heavy (non-hydrogen) atoms. The summed E-state index contributed by atoms with van der Waals surface area (Å²) in [6.07, 6.45) is -1.35. The smallest absolute Gasteiger partial charge is 0.422 e. The average molecular weight is 551 g/mol. The summed E-state index contributed by atoms with van der Waals surface area (Å²) in [6.45, 7) is 1.39. The van der Waals surface area contributed by atoms with Gasteiger partial charge in [-0.3, -0.25) is 14.8 Å². The number of amides is 1. The highest BCUT2D eigenvalue weighted by Crippen LogP contribution is 2.23. The van der Waals surface area contributed by atoms with Gasteiger partial charge in [-0.25, -0.2) is 0 Å². The molecule has 0 atom stereocenters. The van der Waals surface area contributed by atoms with Crippen molar-refractivity contribution < 1.29 is 22.7 Å². The number of halogens is 4. The minimum absolute atomic E-state index is 0. The van der Waals surface area contributed by atoms with Gasteiger partial charge in [0.25, 0.3) is 5.91 Å². The molecule has 0 aliphatic rings. The summed E-state index contributed by atoms with van der Waals surface area (Å²) in [5.74, 6) is 0.367. The number of aliphatic imine (C=N–C) groups is 1. The third kappa shape index (κ3) is 9.85. The fraction of sp³-hybridized carbons (Fsp3) is 0.350. The zero-order chi connectivity index (χ0) is 22.0. The van der Waals surface area contributed by atoms with Crippen LogP contribution in [-0.2, 0) is 6.54 Å². The standard InChI is InChI=1S/C20H24F3N5O2.HI/c1-14-5-6-15(17(10-14)30-13-20(21,22)23)12-28-19(24-2)27-9-8-26-18(29)16-4-3-7-25-11-16;/h3-7,10-11H,8-9,12-13H2,1-2H3,(H,26,29)(H2,24,27,28);1H. The van der Waals surface area contributed by atoms with Crippen LogP contribution in [0.4, 0.5) is 13.2 Å². The van der Waals surface area contributed by atoms with Crippen LogP contribution in [0.5, 0.6) is 5.75 Å². The van der Waals surface area contributed by atoms with Gasteiger partial charge in [0.2, 0.25) is 0 Å². The van der Waals surface area contributed by atoms with E-state index in [0.29, 0.717) is 30.2 Å². The second kappa shape index (κ2) is 13.0. The molecule has 0 fully saturated rings. The fourth-order valence-electron chi connectivity index (χ4n) is 2.46.